The third kappa shape index (κ3) is 4.24. The van der Waals surface area contributed by atoms with Crippen LogP contribution >= 0.6 is 11.6 Å². The fraction of sp³-hybridized carbons (Fsp3) is 0.0556. The number of carbonyl (C=O) groups excluding carboxylic acids is 2. The van der Waals surface area contributed by atoms with Crippen LogP contribution in [0.15, 0.2) is 65.3 Å². The minimum absolute atomic E-state index is 0.0447. The molecule has 0 fully saturated rings. The van der Waals surface area contributed by atoms with Crippen molar-refractivity contribution in [2.24, 2.45) is 0 Å². The summed E-state index contributed by atoms with van der Waals surface area (Å²) in [5.74, 6) is -0.797. The smallest absolute Gasteiger partial charge is 0.302 e. The van der Waals surface area contributed by atoms with Crippen molar-refractivity contribution >= 4 is 29.4 Å². The molecule has 2 N–H and O–H groups in total. The molecule has 3 rings (SSSR count). The van der Waals surface area contributed by atoms with Gasteiger partial charge in [0.25, 0.3) is 11.8 Å². The zero-order valence-electron chi connectivity index (χ0n) is 13.0. The van der Waals surface area contributed by atoms with Gasteiger partial charge in [0.15, 0.2) is 5.69 Å². The van der Waals surface area contributed by atoms with E-state index in [4.69, 9.17) is 16.0 Å². The molecule has 6 nitrogen and oxygen atoms in total. The highest BCUT2D eigenvalue weighted by Crippen LogP contribution is 2.15. The number of anilines is 1. The number of oxazole rings is 1. The first-order valence-electron chi connectivity index (χ1n) is 7.47. The van der Waals surface area contributed by atoms with Gasteiger partial charge >= 0.3 is 6.01 Å². The summed E-state index contributed by atoms with van der Waals surface area (Å²) in [6.07, 6.45) is 1.18. The highest BCUT2D eigenvalue weighted by atomic mass is 35.5. The Kier molecular flexibility index (Phi) is 5.11. The van der Waals surface area contributed by atoms with Gasteiger partial charge in [0.2, 0.25) is 0 Å². The Morgan fingerprint density at radius 2 is 1.72 bits per heavy atom. The molecule has 3 aromatic rings. The summed E-state index contributed by atoms with van der Waals surface area (Å²) in [5.41, 5.74) is 1.32. The van der Waals surface area contributed by atoms with Crippen molar-refractivity contribution in [3.05, 3.63) is 82.7 Å². The van der Waals surface area contributed by atoms with Gasteiger partial charge in [-0.3, -0.25) is 14.9 Å². The topological polar surface area (TPSA) is 84.2 Å². The van der Waals surface area contributed by atoms with Crippen molar-refractivity contribution < 1.29 is 14.0 Å². The molecule has 25 heavy (non-hydrogen) atoms. The van der Waals surface area contributed by atoms with Gasteiger partial charge in [-0.2, -0.15) is 4.98 Å². The Bertz CT molecular complexity index is 893. The van der Waals surface area contributed by atoms with Crippen LogP contribution in [0.25, 0.3) is 0 Å². The lowest BCUT2D eigenvalue weighted by atomic mass is 10.2. The first-order valence-corrected chi connectivity index (χ1v) is 7.85. The van der Waals surface area contributed by atoms with E-state index < -0.39 is 5.91 Å². The molecular formula is C18H14ClN3O3. The van der Waals surface area contributed by atoms with Crippen molar-refractivity contribution in [2.45, 2.75) is 6.54 Å². The number of carbonyl (C=O) groups is 2. The number of nitrogens with zero attached hydrogens (tertiary/aromatic N) is 1. The monoisotopic (exact) mass is 355 g/mol. The van der Waals surface area contributed by atoms with Crippen LogP contribution in [0.2, 0.25) is 5.02 Å². The van der Waals surface area contributed by atoms with E-state index >= 15 is 0 Å². The number of amides is 2. The second-order valence-corrected chi connectivity index (χ2v) is 5.54. The maximum absolute atomic E-state index is 12.1. The molecule has 1 aromatic heterocycles. The third-order valence-electron chi connectivity index (χ3n) is 3.39. The van der Waals surface area contributed by atoms with Gasteiger partial charge in [0.05, 0.1) is 0 Å². The number of hydrogen-bond acceptors (Lipinski definition) is 4. The zero-order valence-corrected chi connectivity index (χ0v) is 13.8. The van der Waals surface area contributed by atoms with Crippen LogP contribution in [-0.4, -0.2) is 16.8 Å². The highest BCUT2D eigenvalue weighted by Gasteiger charge is 2.15. The summed E-state index contributed by atoms with van der Waals surface area (Å²) in [7, 11) is 0. The van der Waals surface area contributed by atoms with Crippen LogP contribution < -0.4 is 10.6 Å². The fourth-order valence-electron chi connectivity index (χ4n) is 2.10. The highest BCUT2D eigenvalue weighted by molar-refractivity contribution is 6.31. The molecule has 0 aliphatic heterocycles. The minimum Gasteiger partial charge on any atom is -0.431 e. The summed E-state index contributed by atoms with van der Waals surface area (Å²) >= 11 is 6.04. The van der Waals surface area contributed by atoms with E-state index in [0.717, 1.165) is 5.56 Å². The first kappa shape index (κ1) is 16.7. The molecule has 0 bridgehead atoms. The molecule has 7 heteroatoms. The van der Waals surface area contributed by atoms with Crippen LogP contribution in [0.5, 0.6) is 0 Å². The number of rotatable bonds is 5. The van der Waals surface area contributed by atoms with Gasteiger partial charge in [-0.25, -0.2) is 0 Å². The van der Waals surface area contributed by atoms with Gasteiger partial charge in [0, 0.05) is 17.1 Å². The predicted molar refractivity (Wildman–Crippen MR) is 93.5 cm³/mol. The molecule has 0 saturated carbocycles. The first-order chi connectivity index (χ1) is 12.1. The molecule has 2 aromatic carbocycles. The molecule has 0 aliphatic carbocycles. The Balaban J connectivity index is 1.60. The molecule has 1 heterocycles. The molecule has 0 unspecified atom stereocenters. The number of hydrogen-bond donors (Lipinski definition) is 2. The summed E-state index contributed by atoms with van der Waals surface area (Å²) in [4.78, 5) is 28.1. The zero-order chi connectivity index (χ0) is 17.6. The molecule has 126 valence electrons. The molecule has 0 saturated heterocycles. The number of halogens is 1. The average Bonchev–Trinajstić information content (AvgIpc) is 3.10. The number of nitrogens with one attached hydrogen (secondary N) is 2. The predicted octanol–water partition coefficient (Wildman–Crippen LogP) is 3.51. The van der Waals surface area contributed by atoms with Gasteiger partial charge in [-0.05, 0) is 23.8 Å². The van der Waals surface area contributed by atoms with Crippen LogP contribution in [0.1, 0.15) is 26.4 Å². The van der Waals surface area contributed by atoms with Crippen LogP contribution in [0.4, 0.5) is 6.01 Å². The normalized spacial score (nSPS) is 10.3. The van der Waals surface area contributed by atoms with Crippen LogP contribution in [0.3, 0.4) is 0 Å². The molecule has 0 radical (unpaired) electrons. The van der Waals surface area contributed by atoms with E-state index in [0.29, 0.717) is 10.6 Å². The number of aromatic nitrogens is 1. The lowest BCUT2D eigenvalue weighted by molar-refractivity contribution is 0.0944. The molecular weight excluding hydrogens is 342 g/mol. The summed E-state index contributed by atoms with van der Waals surface area (Å²) < 4.78 is 5.12. The Morgan fingerprint density at radius 3 is 2.48 bits per heavy atom. The summed E-state index contributed by atoms with van der Waals surface area (Å²) in [6, 6.07) is 15.8. The molecule has 2 amide bonds. The van der Waals surface area contributed by atoms with Crippen molar-refractivity contribution in [3.63, 3.8) is 0 Å². The largest absolute Gasteiger partial charge is 0.431 e. The van der Waals surface area contributed by atoms with E-state index in [1.807, 2.05) is 24.3 Å². The Labute approximate surface area is 148 Å². The third-order valence-corrected chi connectivity index (χ3v) is 3.76. The van der Waals surface area contributed by atoms with E-state index in [-0.39, 0.29) is 24.2 Å². The Hall–Kier alpha value is -3.12. The van der Waals surface area contributed by atoms with Gasteiger partial charge in [-0.1, -0.05) is 48.0 Å². The second kappa shape index (κ2) is 7.63. The van der Waals surface area contributed by atoms with E-state index in [1.165, 1.54) is 6.26 Å². The van der Waals surface area contributed by atoms with E-state index in [9.17, 15) is 9.59 Å². The maximum atomic E-state index is 12.1. The van der Waals surface area contributed by atoms with Gasteiger partial charge < -0.3 is 9.73 Å². The summed E-state index contributed by atoms with van der Waals surface area (Å²) in [5, 5.41) is 5.76. The fourth-order valence-corrected chi connectivity index (χ4v) is 2.30. The van der Waals surface area contributed by atoms with Crippen molar-refractivity contribution in [3.8, 4) is 0 Å². The Morgan fingerprint density at radius 1 is 1.00 bits per heavy atom. The van der Waals surface area contributed by atoms with Crippen molar-refractivity contribution in [1.82, 2.24) is 10.3 Å². The minimum atomic E-state index is -0.427. The van der Waals surface area contributed by atoms with E-state index in [2.05, 4.69) is 15.6 Å². The lowest BCUT2D eigenvalue weighted by Gasteiger charge is -2.04. The quantitative estimate of drug-likeness (QED) is 0.733. The van der Waals surface area contributed by atoms with Gasteiger partial charge in [0.1, 0.15) is 6.26 Å². The average molecular weight is 356 g/mol. The van der Waals surface area contributed by atoms with Gasteiger partial charge in [-0.15, -0.1) is 0 Å². The summed E-state index contributed by atoms with van der Waals surface area (Å²) in [6.45, 7) is 0.261. The number of benzene rings is 2. The van der Waals surface area contributed by atoms with Crippen LogP contribution in [0, 0.1) is 0 Å². The lowest BCUT2D eigenvalue weighted by Crippen LogP contribution is -2.23. The van der Waals surface area contributed by atoms with Crippen LogP contribution in [-0.2, 0) is 6.54 Å². The molecule has 0 aliphatic rings. The SMILES string of the molecule is O=C(Nc1nc(C(=O)NCc2ccccc2Cl)co1)c1ccccc1. The standard InChI is InChI=1S/C18H14ClN3O3/c19-14-9-5-4-8-13(14)10-20-17(24)15-11-25-18(21-15)22-16(23)12-6-2-1-3-7-12/h1-9,11H,10H2,(H,20,24)(H,21,22,23). The van der Waals surface area contributed by atoms with Crippen molar-refractivity contribution in [2.75, 3.05) is 5.32 Å². The maximum Gasteiger partial charge on any atom is 0.302 e. The van der Waals surface area contributed by atoms with E-state index in [1.54, 1.807) is 30.3 Å². The molecule has 0 spiro atoms. The van der Waals surface area contributed by atoms with Crippen molar-refractivity contribution in [1.29, 1.82) is 0 Å². The second-order valence-electron chi connectivity index (χ2n) is 5.13. The molecule has 0 atom stereocenters.